The second-order valence-corrected chi connectivity index (χ2v) is 10.8. The van der Waals surface area contributed by atoms with Crippen LogP contribution in [0.4, 0.5) is 5.69 Å². The number of nitrogens with zero attached hydrogens (tertiary/aromatic N) is 2. The minimum absolute atomic E-state index is 0.0583. The molecule has 10 heteroatoms. The minimum atomic E-state index is -3.82. The first kappa shape index (κ1) is 28.0. The molecule has 0 bridgehead atoms. The van der Waals surface area contributed by atoms with Crippen molar-refractivity contribution in [2.24, 2.45) is 0 Å². The number of rotatable bonds is 11. The van der Waals surface area contributed by atoms with E-state index >= 15 is 0 Å². The van der Waals surface area contributed by atoms with Crippen LogP contribution in [0.15, 0.2) is 42.5 Å². The largest absolute Gasteiger partial charge is 0.354 e. The van der Waals surface area contributed by atoms with Gasteiger partial charge in [-0.15, -0.1) is 0 Å². The molecule has 7 nitrogen and oxygen atoms in total. The topological polar surface area (TPSA) is 86.8 Å². The molecule has 0 aromatic heterocycles. The molecule has 0 heterocycles. The van der Waals surface area contributed by atoms with Crippen molar-refractivity contribution in [1.82, 2.24) is 10.2 Å². The quantitative estimate of drug-likeness (QED) is 0.469. The molecule has 0 saturated heterocycles. The molecule has 0 fully saturated rings. The van der Waals surface area contributed by atoms with Gasteiger partial charge in [0, 0.05) is 23.1 Å². The summed E-state index contributed by atoms with van der Waals surface area (Å²) in [6.45, 7) is 5.58. The number of sulfonamides is 1. The summed E-state index contributed by atoms with van der Waals surface area (Å²) in [5.74, 6) is -0.824. The van der Waals surface area contributed by atoms with Crippen molar-refractivity contribution in [3.05, 3.63) is 63.6 Å². The lowest BCUT2D eigenvalue weighted by atomic mass is 10.1. The molecule has 2 aromatic carbocycles. The molecule has 0 aliphatic carbocycles. The maximum atomic E-state index is 13.6. The summed E-state index contributed by atoms with van der Waals surface area (Å²) in [4.78, 5) is 27.9. The zero-order chi connectivity index (χ0) is 25.5. The lowest BCUT2D eigenvalue weighted by Gasteiger charge is -2.33. The molecule has 0 radical (unpaired) electrons. The van der Waals surface area contributed by atoms with Crippen molar-refractivity contribution in [2.45, 2.75) is 46.2 Å². The number of carbonyl (C=O) groups is 2. The number of hydrogen-bond acceptors (Lipinski definition) is 4. The van der Waals surface area contributed by atoms with E-state index in [0.717, 1.165) is 22.5 Å². The predicted molar refractivity (Wildman–Crippen MR) is 138 cm³/mol. The number of nitrogens with one attached hydrogen (secondary N) is 1. The van der Waals surface area contributed by atoms with Gasteiger partial charge >= 0.3 is 0 Å². The molecule has 0 saturated carbocycles. The lowest BCUT2D eigenvalue weighted by molar-refractivity contribution is -0.140. The van der Waals surface area contributed by atoms with E-state index in [2.05, 4.69) is 5.32 Å². The number of benzene rings is 2. The fourth-order valence-electron chi connectivity index (χ4n) is 3.45. The first-order valence-corrected chi connectivity index (χ1v) is 13.6. The van der Waals surface area contributed by atoms with Gasteiger partial charge in [0.05, 0.1) is 11.9 Å². The number of amides is 2. The van der Waals surface area contributed by atoms with Crippen LogP contribution in [0.1, 0.15) is 37.8 Å². The summed E-state index contributed by atoms with van der Waals surface area (Å²) in [5, 5.41) is 3.67. The summed E-state index contributed by atoms with van der Waals surface area (Å²) in [6, 6.07) is 11.0. The number of carbonyl (C=O) groups excluding carboxylic acids is 2. The Morgan fingerprint density at radius 1 is 1.06 bits per heavy atom. The highest BCUT2D eigenvalue weighted by Crippen LogP contribution is 2.26. The van der Waals surface area contributed by atoms with Gasteiger partial charge in [0.1, 0.15) is 12.6 Å². The summed E-state index contributed by atoms with van der Waals surface area (Å²) in [7, 11) is -3.82. The third-order valence-electron chi connectivity index (χ3n) is 5.36. The Morgan fingerprint density at radius 3 is 2.29 bits per heavy atom. The normalized spacial score (nSPS) is 12.2. The summed E-state index contributed by atoms with van der Waals surface area (Å²) in [6.07, 6.45) is 2.12. The van der Waals surface area contributed by atoms with E-state index < -0.39 is 28.5 Å². The van der Waals surface area contributed by atoms with Crippen LogP contribution < -0.4 is 9.62 Å². The fourth-order valence-corrected chi connectivity index (χ4v) is 4.66. The highest BCUT2D eigenvalue weighted by molar-refractivity contribution is 7.92. The smallest absolute Gasteiger partial charge is 0.244 e. The van der Waals surface area contributed by atoms with Gasteiger partial charge < -0.3 is 10.2 Å². The van der Waals surface area contributed by atoms with E-state index in [1.165, 1.54) is 11.0 Å². The molecule has 34 heavy (non-hydrogen) atoms. The minimum Gasteiger partial charge on any atom is -0.354 e. The fraction of sp³-hybridized carbons (Fsp3) is 0.417. The Bertz CT molecular complexity index is 1120. The van der Waals surface area contributed by atoms with Crippen LogP contribution in [-0.4, -0.2) is 50.5 Å². The molecule has 1 atom stereocenters. The Labute approximate surface area is 212 Å². The highest BCUT2D eigenvalue weighted by Gasteiger charge is 2.32. The average molecular weight is 529 g/mol. The first-order valence-electron chi connectivity index (χ1n) is 11.0. The molecule has 0 unspecified atom stereocenters. The number of anilines is 1. The van der Waals surface area contributed by atoms with E-state index in [9.17, 15) is 18.0 Å². The van der Waals surface area contributed by atoms with Gasteiger partial charge in [0.25, 0.3) is 0 Å². The maximum Gasteiger partial charge on any atom is 0.244 e. The summed E-state index contributed by atoms with van der Waals surface area (Å²) in [5.41, 5.74) is 1.71. The van der Waals surface area contributed by atoms with Gasteiger partial charge in [0.15, 0.2) is 0 Å². The van der Waals surface area contributed by atoms with E-state index in [-0.39, 0.29) is 18.1 Å². The van der Waals surface area contributed by atoms with Crippen molar-refractivity contribution in [3.63, 3.8) is 0 Å². The van der Waals surface area contributed by atoms with Crippen LogP contribution >= 0.6 is 23.2 Å². The van der Waals surface area contributed by atoms with Crippen LogP contribution in [0.25, 0.3) is 0 Å². The summed E-state index contributed by atoms with van der Waals surface area (Å²) < 4.78 is 26.2. The van der Waals surface area contributed by atoms with Gasteiger partial charge in [-0.05, 0) is 49.1 Å². The second-order valence-electron chi connectivity index (χ2n) is 8.03. The number of halogens is 2. The maximum absolute atomic E-state index is 13.6. The van der Waals surface area contributed by atoms with Crippen LogP contribution in [0.5, 0.6) is 0 Å². The monoisotopic (exact) mass is 527 g/mol. The second kappa shape index (κ2) is 12.4. The van der Waals surface area contributed by atoms with E-state index in [1.807, 2.05) is 6.92 Å². The lowest BCUT2D eigenvalue weighted by Crippen LogP contribution is -2.52. The average Bonchev–Trinajstić information content (AvgIpc) is 2.78. The standard InChI is InChI=1S/C24H31Cl2N3O4S/c1-5-13-27-24(31)22(6-2)28(15-18-9-7-8-10-20(18)25)23(30)16-29(34(4,32)33)19-12-11-17(3)21(26)14-19/h7-12,14,22H,5-6,13,15-16H2,1-4H3,(H,27,31)/t22-/m0/s1. The van der Waals surface area contributed by atoms with E-state index in [4.69, 9.17) is 23.2 Å². The number of aryl methyl sites for hydroxylation is 1. The Hall–Kier alpha value is -2.29. The third-order valence-corrected chi connectivity index (χ3v) is 7.27. The SMILES string of the molecule is CCCNC(=O)[C@H](CC)N(Cc1ccccc1Cl)C(=O)CN(c1ccc(C)c(Cl)c1)S(C)(=O)=O. The van der Waals surface area contributed by atoms with Crippen molar-refractivity contribution in [2.75, 3.05) is 23.7 Å². The molecule has 186 valence electrons. The van der Waals surface area contributed by atoms with Gasteiger partial charge in [-0.1, -0.05) is 61.3 Å². The highest BCUT2D eigenvalue weighted by atomic mass is 35.5. The van der Waals surface area contributed by atoms with Gasteiger partial charge in [-0.25, -0.2) is 8.42 Å². The molecular weight excluding hydrogens is 497 g/mol. The zero-order valence-corrected chi connectivity index (χ0v) is 22.2. The first-order chi connectivity index (χ1) is 16.0. The Balaban J connectivity index is 2.46. The number of hydrogen-bond donors (Lipinski definition) is 1. The van der Waals surface area contributed by atoms with Gasteiger partial charge in [-0.2, -0.15) is 0 Å². The molecule has 0 aliphatic rings. The van der Waals surface area contributed by atoms with E-state index in [1.54, 1.807) is 50.2 Å². The van der Waals surface area contributed by atoms with Crippen molar-refractivity contribution in [1.29, 1.82) is 0 Å². The van der Waals surface area contributed by atoms with Gasteiger partial charge in [-0.3, -0.25) is 13.9 Å². The van der Waals surface area contributed by atoms with Crippen molar-refractivity contribution in [3.8, 4) is 0 Å². The van der Waals surface area contributed by atoms with Crippen molar-refractivity contribution < 1.29 is 18.0 Å². The molecule has 0 aliphatic heterocycles. The van der Waals surface area contributed by atoms with Crippen LogP contribution in [0.3, 0.4) is 0 Å². The predicted octanol–water partition coefficient (Wildman–Crippen LogP) is 4.40. The van der Waals surface area contributed by atoms with Crippen LogP contribution in [0, 0.1) is 6.92 Å². The molecule has 1 N–H and O–H groups in total. The third kappa shape index (κ3) is 7.35. The zero-order valence-electron chi connectivity index (χ0n) is 19.8. The molecule has 2 aromatic rings. The molecule has 2 amide bonds. The van der Waals surface area contributed by atoms with E-state index in [0.29, 0.717) is 28.6 Å². The molecule has 0 spiro atoms. The van der Waals surface area contributed by atoms with Crippen LogP contribution in [-0.2, 0) is 26.2 Å². The Morgan fingerprint density at radius 2 is 1.74 bits per heavy atom. The van der Waals surface area contributed by atoms with Gasteiger partial charge in [0.2, 0.25) is 21.8 Å². The van der Waals surface area contributed by atoms with Crippen LogP contribution in [0.2, 0.25) is 10.0 Å². The summed E-state index contributed by atoms with van der Waals surface area (Å²) >= 11 is 12.5. The molecule has 2 rings (SSSR count). The Kier molecular flexibility index (Phi) is 10.2. The molecular formula is C24H31Cl2N3O4S. The van der Waals surface area contributed by atoms with Crippen molar-refractivity contribution >= 4 is 50.7 Å².